The summed E-state index contributed by atoms with van der Waals surface area (Å²) in [5, 5.41) is 9.89. The molecule has 19 heavy (non-hydrogen) atoms. The first kappa shape index (κ1) is 12.6. The van der Waals surface area contributed by atoms with Crippen molar-refractivity contribution in [1.82, 2.24) is 9.88 Å². The highest BCUT2D eigenvalue weighted by atomic mass is 16.3. The zero-order chi connectivity index (χ0) is 13.5. The third-order valence-corrected chi connectivity index (χ3v) is 4.81. The highest BCUT2D eigenvalue weighted by molar-refractivity contribution is 5.94. The zero-order valence-corrected chi connectivity index (χ0v) is 11.3. The molecular weight excluding hydrogens is 240 g/mol. The van der Waals surface area contributed by atoms with Crippen molar-refractivity contribution >= 4 is 5.91 Å². The minimum Gasteiger partial charge on any atom is -0.393 e. The quantitative estimate of drug-likeness (QED) is 0.837. The number of carbonyl (C=O) groups excluding carboxylic acids is 1. The molecule has 1 N–H and O–H groups in total. The number of hydrogen-bond acceptors (Lipinski definition) is 3. The second-order valence-corrected chi connectivity index (χ2v) is 5.89. The normalized spacial score (nSPS) is 25.2. The molecule has 1 atom stereocenters. The van der Waals surface area contributed by atoms with Crippen molar-refractivity contribution < 1.29 is 9.90 Å². The summed E-state index contributed by atoms with van der Waals surface area (Å²) in [5.41, 5.74) is 1.71. The summed E-state index contributed by atoms with van der Waals surface area (Å²) in [6.45, 7) is 3.42. The Morgan fingerprint density at radius 3 is 2.68 bits per heavy atom. The smallest absolute Gasteiger partial charge is 0.253 e. The summed E-state index contributed by atoms with van der Waals surface area (Å²) < 4.78 is 0. The fourth-order valence-corrected chi connectivity index (χ4v) is 3.28. The largest absolute Gasteiger partial charge is 0.393 e. The molecule has 4 nitrogen and oxygen atoms in total. The lowest BCUT2D eigenvalue weighted by Gasteiger charge is -2.51. The molecule has 1 unspecified atom stereocenters. The van der Waals surface area contributed by atoms with Gasteiger partial charge in [0.2, 0.25) is 0 Å². The number of carbonyl (C=O) groups is 1. The third-order valence-electron chi connectivity index (χ3n) is 4.81. The Balaban J connectivity index is 1.67. The number of amides is 1. The van der Waals surface area contributed by atoms with Crippen LogP contribution in [0.15, 0.2) is 18.3 Å². The number of rotatable bonds is 1. The van der Waals surface area contributed by atoms with Gasteiger partial charge in [-0.25, -0.2) is 0 Å². The topological polar surface area (TPSA) is 53.4 Å². The lowest BCUT2D eigenvalue weighted by molar-refractivity contribution is -0.0952. The van der Waals surface area contributed by atoms with E-state index < -0.39 is 0 Å². The number of aliphatic hydroxyl groups is 1. The molecule has 4 heteroatoms. The SMILES string of the molecule is Cc1cc(C(=O)N2CCC3(CCC3O)CC2)ccn1. The highest BCUT2D eigenvalue weighted by Crippen LogP contribution is 2.49. The van der Waals surface area contributed by atoms with Crippen LogP contribution >= 0.6 is 0 Å². The van der Waals surface area contributed by atoms with Crippen molar-refractivity contribution in [2.24, 2.45) is 5.41 Å². The second kappa shape index (κ2) is 4.60. The van der Waals surface area contributed by atoms with Crippen molar-refractivity contribution in [2.75, 3.05) is 13.1 Å². The number of aliphatic hydroxyl groups excluding tert-OH is 1. The molecule has 1 spiro atoms. The maximum atomic E-state index is 12.4. The van der Waals surface area contributed by atoms with E-state index in [1.165, 1.54) is 0 Å². The molecule has 1 saturated heterocycles. The van der Waals surface area contributed by atoms with Gasteiger partial charge in [-0.15, -0.1) is 0 Å². The average Bonchev–Trinajstić information content (AvgIpc) is 2.45. The third kappa shape index (κ3) is 2.14. The van der Waals surface area contributed by atoms with Gasteiger partial charge in [0.15, 0.2) is 0 Å². The van der Waals surface area contributed by atoms with Gasteiger partial charge < -0.3 is 10.0 Å². The van der Waals surface area contributed by atoms with Gasteiger partial charge in [0.05, 0.1) is 6.10 Å². The Kier molecular flexibility index (Phi) is 3.05. The molecule has 102 valence electrons. The fourth-order valence-electron chi connectivity index (χ4n) is 3.28. The number of piperidine rings is 1. The monoisotopic (exact) mass is 260 g/mol. The first-order chi connectivity index (χ1) is 9.11. The van der Waals surface area contributed by atoms with Gasteiger partial charge in [-0.1, -0.05) is 0 Å². The van der Waals surface area contributed by atoms with E-state index in [-0.39, 0.29) is 17.4 Å². The first-order valence-corrected chi connectivity index (χ1v) is 7.01. The Labute approximate surface area is 113 Å². The molecule has 0 radical (unpaired) electrons. The molecule has 1 aliphatic heterocycles. The molecule has 2 fully saturated rings. The molecule has 1 aromatic heterocycles. The lowest BCUT2D eigenvalue weighted by Crippen LogP contribution is -2.53. The molecule has 1 aromatic rings. The van der Waals surface area contributed by atoms with Crippen LogP contribution in [0.4, 0.5) is 0 Å². The van der Waals surface area contributed by atoms with E-state index in [1.807, 2.05) is 17.9 Å². The molecule has 2 aliphatic rings. The minimum absolute atomic E-state index is 0.0918. The van der Waals surface area contributed by atoms with Gasteiger partial charge in [-0.2, -0.15) is 0 Å². The first-order valence-electron chi connectivity index (χ1n) is 7.01. The van der Waals surface area contributed by atoms with E-state index in [1.54, 1.807) is 12.3 Å². The molecule has 2 heterocycles. The molecule has 0 aromatic carbocycles. The van der Waals surface area contributed by atoms with Crippen LogP contribution in [0.3, 0.4) is 0 Å². The van der Waals surface area contributed by atoms with Gasteiger partial charge in [0.25, 0.3) is 5.91 Å². The van der Waals surface area contributed by atoms with Gasteiger partial charge in [-0.3, -0.25) is 9.78 Å². The predicted octanol–water partition coefficient (Wildman–Crippen LogP) is 1.77. The Hall–Kier alpha value is -1.42. The van der Waals surface area contributed by atoms with Crippen molar-refractivity contribution in [3.8, 4) is 0 Å². The van der Waals surface area contributed by atoms with E-state index in [4.69, 9.17) is 0 Å². The van der Waals surface area contributed by atoms with E-state index in [2.05, 4.69) is 4.98 Å². The number of aryl methyl sites for hydroxylation is 1. The van der Waals surface area contributed by atoms with Crippen molar-refractivity contribution in [3.63, 3.8) is 0 Å². The van der Waals surface area contributed by atoms with Crippen molar-refractivity contribution in [1.29, 1.82) is 0 Å². The maximum Gasteiger partial charge on any atom is 0.253 e. The zero-order valence-electron chi connectivity index (χ0n) is 11.3. The van der Waals surface area contributed by atoms with Gasteiger partial charge in [0, 0.05) is 30.5 Å². The summed E-state index contributed by atoms with van der Waals surface area (Å²) in [7, 11) is 0. The Morgan fingerprint density at radius 2 is 2.16 bits per heavy atom. The predicted molar refractivity (Wildman–Crippen MR) is 71.8 cm³/mol. The van der Waals surface area contributed by atoms with E-state index in [9.17, 15) is 9.90 Å². The molecule has 3 rings (SSSR count). The molecule has 0 bridgehead atoms. The number of pyridine rings is 1. The van der Waals surface area contributed by atoms with Crippen LogP contribution in [0.5, 0.6) is 0 Å². The van der Waals surface area contributed by atoms with Crippen LogP contribution < -0.4 is 0 Å². The van der Waals surface area contributed by atoms with Gasteiger partial charge in [-0.05, 0) is 50.2 Å². The summed E-state index contributed by atoms with van der Waals surface area (Å²) in [6.07, 6.45) is 5.45. The lowest BCUT2D eigenvalue weighted by atomic mass is 9.61. The summed E-state index contributed by atoms with van der Waals surface area (Å²) in [5.74, 6) is 0.0918. The number of hydrogen-bond donors (Lipinski definition) is 1. The van der Waals surface area contributed by atoms with Crippen LogP contribution in [0.2, 0.25) is 0 Å². The van der Waals surface area contributed by atoms with Gasteiger partial charge >= 0.3 is 0 Å². The Morgan fingerprint density at radius 1 is 1.42 bits per heavy atom. The molecular formula is C15H20N2O2. The van der Waals surface area contributed by atoms with Crippen molar-refractivity contribution in [2.45, 2.75) is 38.7 Å². The van der Waals surface area contributed by atoms with Crippen LogP contribution in [0.1, 0.15) is 41.7 Å². The average molecular weight is 260 g/mol. The minimum atomic E-state index is -0.145. The number of likely N-dealkylation sites (tertiary alicyclic amines) is 1. The van der Waals surface area contributed by atoms with Crippen LogP contribution in [0.25, 0.3) is 0 Å². The summed E-state index contributed by atoms with van der Waals surface area (Å²) in [6, 6.07) is 3.61. The Bertz CT molecular complexity index is 493. The second-order valence-electron chi connectivity index (χ2n) is 5.89. The fraction of sp³-hybridized carbons (Fsp3) is 0.600. The molecule has 1 aliphatic carbocycles. The molecule has 1 saturated carbocycles. The van der Waals surface area contributed by atoms with Crippen LogP contribution in [-0.2, 0) is 0 Å². The number of nitrogens with zero attached hydrogens (tertiary/aromatic N) is 2. The van der Waals surface area contributed by atoms with Crippen molar-refractivity contribution in [3.05, 3.63) is 29.6 Å². The van der Waals surface area contributed by atoms with E-state index in [0.717, 1.165) is 50.0 Å². The highest BCUT2D eigenvalue weighted by Gasteiger charge is 2.47. The van der Waals surface area contributed by atoms with Gasteiger partial charge in [0.1, 0.15) is 0 Å². The van der Waals surface area contributed by atoms with Crippen LogP contribution in [-0.4, -0.2) is 40.1 Å². The number of aromatic nitrogens is 1. The molecule has 1 amide bonds. The summed E-state index contributed by atoms with van der Waals surface area (Å²) in [4.78, 5) is 18.4. The maximum absolute atomic E-state index is 12.4. The van der Waals surface area contributed by atoms with Crippen LogP contribution in [0, 0.1) is 12.3 Å². The van der Waals surface area contributed by atoms with E-state index >= 15 is 0 Å². The standard InChI is InChI=1S/C15H20N2O2/c1-11-10-12(3-7-16-11)14(19)17-8-5-15(6-9-17)4-2-13(15)18/h3,7,10,13,18H,2,4-6,8-9H2,1H3. The summed E-state index contributed by atoms with van der Waals surface area (Å²) >= 11 is 0. The van der Waals surface area contributed by atoms with E-state index in [0.29, 0.717) is 0 Å².